The van der Waals surface area contributed by atoms with Crippen LogP contribution in [0, 0.1) is 12.8 Å². The molecule has 3 aromatic heterocycles. The van der Waals surface area contributed by atoms with Crippen LogP contribution in [0.25, 0.3) is 5.65 Å². The van der Waals surface area contributed by atoms with Crippen molar-refractivity contribution in [2.75, 3.05) is 13.2 Å². The number of carbonyl (C=O) groups excluding carboxylic acids is 1. The van der Waals surface area contributed by atoms with Gasteiger partial charge in [0.1, 0.15) is 17.4 Å². The van der Waals surface area contributed by atoms with E-state index < -0.39 is 0 Å². The van der Waals surface area contributed by atoms with Gasteiger partial charge in [0.05, 0.1) is 0 Å². The van der Waals surface area contributed by atoms with Crippen molar-refractivity contribution in [3.05, 3.63) is 48.0 Å². The average molecular weight is 341 g/mol. The Morgan fingerprint density at radius 3 is 2.96 bits per heavy atom. The highest BCUT2D eigenvalue weighted by atomic mass is 16.5. The molecule has 25 heavy (non-hydrogen) atoms. The standard InChI is InChI=1S/C17H19N5O3/c1-11-19-17(25-21-11)15(12-5-9-24-10-6-12)20-16(23)13-3-2-4-14-18-7-8-22(13)14/h2-4,7-8,12,15H,5-6,9-10H2,1H3,(H,20,23)/t15-/m0/s1. The van der Waals surface area contributed by atoms with Crippen molar-refractivity contribution in [3.8, 4) is 0 Å². The molecule has 4 rings (SSSR count). The lowest BCUT2D eigenvalue weighted by Crippen LogP contribution is -2.37. The van der Waals surface area contributed by atoms with E-state index in [0.717, 1.165) is 18.5 Å². The van der Waals surface area contributed by atoms with Gasteiger partial charge in [-0.1, -0.05) is 11.2 Å². The molecule has 0 aromatic carbocycles. The summed E-state index contributed by atoms with van der Waals surface area (Å²) in [6.45, 7) is 3.10. The van der Waals surface area contributed by atoms with Crippen molar-refractivity contribution in [2.45, 2.75) is 25.8 Å². The van der Waals surface area contributed by atoms with Crippen LogP contribution in [-0.4, -0.2) is 38.6 Å². The Morgan fingerprint density at radius 2 is 2.20 bits per heavy atom. The van der Waals surface area contributed by atoms with Crippen molar-refractivity contribution in [2.24, 2.45) is 5.92 Å². The zero-order valence-electron chi connectivity index (χ0n) is 13.9. The Labute approximate surface area is 144 Å². The Hall–Kier alpha value is -2.74. The molecule has 0 spiro atoms. The Bertz CT molecular complexity index is 881. The smallest absolute Gasteiger partial charge is 0.268 e. The minimum absolute atomic E-state index is 0.194. The molecule has 1 N–H and O–H groups in total. The minimum Gasteiger partial charge on any atom is -0.381 e. The molecule has 1 fully saturated rings. The van der Waals surface area contributed by atoms with E-state index in [1.165, 1.54) is 0 Å². The van der Waals surface area contributed by atoms with Crippen LogP contribution in [0.3, 0.4) is 0 Å². The van der Waals surface area contributed by atoms with Gasteiger partial charge in [-0.3, -0.25) is 9.20 Å². The molecular weight excluding hydrogens is 322 g/mol. The van der Waals surface area contributed by atoms with Crippen molar-refractivity contribution >= 4 is 11.6 Å². The van der Waals surface area contributed by atoms with E-state index in [-0.39, 0.29) is 17.9 Å². The van der Waals surface area contributed by atoms with E-state index >= 15 is 0 Å². The second kappa shape index (κ2) is 6.64. The summed E-state index contributed by atoms with van der Waals surface area (Å²) >= 11 is 0. The molecule has 0 saturated carbocycles. The number of hydrogen-bond donors (Lipinski definition) is 1. The summed E-state index contributed by atoms with van der Waals surface area (Å²) in [6, 6.07) is 5.10. The van der Waals surface area contributed by atoms with Crippen LogP contribution >= 0.6 is 0 Å². The normalized spacial score (nSPS) is 16.8. The van der Waals surface area contributed by atoms with E-state index in [2.05, 4.69) is 20.4 Å². The molecule has 0 bridgehead atoms. The summed E-state index contributed by atoms with van der Waals surface area (Å²) in [5.41, 5.74) is 1.24. The van der Waals surface area contributed by atoms with E-state index in [9.17, 15) is 4.79 Å². The molecular formula is C17H19N5O3. The number of imidazole rings is 1. The van der Waals surface area contributed by atoms with Crippen molar-refractivity contribution in [1.29, 1.82) is 0 Å². The summed E-state index contributed by atoms with van der Waals surface area (Å²) in [5, 5.41) is 6.95. The monoisotopic (exact) mass is 341 g/mol. The predicted octanol–water partition coefficient (Wildman–Crippen LogP) is 1.92. The average Bonchev–Trinajstić information content (AvgIpc) is 3.28. The van der Waals surface area contributed by atoms with Gasteiger partial charge in [0, 0.05) is 25.6 Å². The molecule has 3 aromatic rings. The minimum atomic E-state index is -0.337. The highest BCUT2D eigenvalue weighted by Gasteiger charge is 2.31. The zero-order chi connectivity index (χ0) is 17.2. The maximum atomic E-state index is 12.9. The first kappa shape index (κ1) is 15.8. The van der Waals surface area contributed by atoms with Gasteiger partial charge in [-0.25, -0.2) is 4.98 Å². The summed E-state index contributed by atoms with van der Waals surface area (Å²) in [5.74, 6) is 0.990. The molecule has 8 nitrogen and oxygen atoms in total. The van der Waals surface area contributed by atoms with Gasteiger partial charge in [0.15, 0.2) is 5.82 Å². The quantitative estimate of drug-likeness (QED) is 0.779. The van der Waals surface area contributed by atoms with E-state index in [0.29, 0.717) is 30.6 Å². The van der Waals surface area contributed by atoms with Crippen LogP contribution in [0.15, 0.2) is 35.1 Å². The lowest BCUT2D eigenvalue weighted by Gasteiger charge is -2.28. The van der Waals surface area contributed by atoms with Crippen LogP contribution in [0.5, 0.6) is 0 Å². The molecule has 1 aliphatic heterocycles. The first-order valence-corrected chi connectivity index (χ1v) is 8.33. The Kier molecular flexibility index (Phi) is 4.19. The van der Waals surface area contributed by atoms with E-state index in [1.807, 2.05) is 12.1 Å². The Balaban J connectivity index is 1.63. The van der Waals surface area contributed by atoms with Crippen molar-refractivity contribution in [1.82, 2.24) is 24.8 Å². The number of fused-ring (bicyclic) bond motifs is 1. The molecule has 4 heterocycles. The SMILES string of the molecule is Cc1noc([C@@H](NC(=O)c2cccc3nccn23)C2CCOCC2)n1. The molecule has 8 heteroatoms. The second-order valence-electron chi connectivity index (χ2n) is 6.15. The molecule has 1 atom stereocenters. The number of hydrogen-bond acceptors (Lipinski definition) is 6. The zero-order valence-corrected chi connectivity index (χ0v) is 13.9. The Morgan fingerprint density at radius 1 is 1.36 bits per heavy atom. The van der Waals surface area contributed by atoms with Gasteiger partial charge in [0.2, 0.25) is 5.89 Å². The highest BCUT2D eigenvalue weighted by molar-refractivity contribution is 5.93. The number of pyridine rings is 1. The molecule has 1 saturated heterocycles. The topological polar surface area (TPSA) is 94.6 Å². The van der Waals surface area contributed by atoms with Gasteiger partial charge in [-0.15, -0.1) is 0 Å². The number of ether oxygens (including phenoxy) is 1. The van der Waals surface area contributed by atoms with E-state index in [1.54, 1.807) is 29.8 Å². The van der Waals surface area contributed by atoms with Crippen LogP contribution in [0.2, 0.25) is 0 Å². The first-order chi connectivity index (χ1) is 12.2. The van der Waals surface area contributed by atoms with Gasteiger partial charge in [0.25, 0.3) is 5.91 Å². The van der Waals surface area contributed by atoms with Crippen LogP contribution in [0.1, 0.15) is 41.1 Å². The number of carbonyl (C=O) groups is 1. The second-order valence-corrected chi connectivity index (χ2v) is 6.15. The summed E-state index contributed by atoms with van der Waals surface area (Å²) in [7, 11) is 0. The van der Waals surface area contributed by atoms with Gasteiger partial charge in [-0.05, 0) is 37.8 Å². The number of nitrogens with one attached hydrogen (secondary N) is 1. The largest absolute Gasteiger partial charge is 0.381 e. The van der Waals surface area contributed by atoms with Crippen LogP contribution in [0.4, 0.5) is 0 Å². The molecule has 0 aliphatic carbocycles. The van der Waals surface area contributed by atoms with Gasteiger partial charge >= 0.3 is 0 Å². The maximum Gasteiger partial charge on any atom is 0.268 e. The van der Waals surface area contributed by atoms with E-state index in [4.69, 9.17) is 9.26 Å². The number of amides is 1. The fraction of sp³-hybridized carbons (Fsp3) is 0.412. The van der Waals surface area contributed by atoms with Crippen LogP contribution < -0.4 is 5.32 Å². The van der Waals surface area contributed by atoms with Crippen molar-refractivity contribution < 1.29 is 14.1 Å². The fourth-order valence-electron chi connectivity index (χ4n) is 3.22. The highest BCUT2D eigenvalue weighted by Crippen LogP contribution is 2.29. The third kappa shape index (κ3) is 3.12. The molecule has 0 radical (unpaired) electrons. The first-order valence-electron chi connectivity index (χ1n) is 8.33. The lowest BCUT2D eigenvalue weighted by molar-refractivity contribution is 0.0466. The summed E-state index contributed by atoms with van der Waals surface area (Å²) < 4.78 is 12.5. The summed E-state index contributed by atoms with van der Waals surface area (Å²) in [4.78, 5) is 21.5. The third-order valence-corrected chi connectivity index (χ3v) is 4.49. The number of rotatable bonds is 4. The fourth-order valence-corrected chi connectivity index (χ4v) is 3.22. The molecule has 1 amide bonds. The molecule has 1 aliphatic rings. The summed E-state index contributed by atoms with van der Waals surface area (Å²) in [6.07, 6.45) is 5.11. The number of aryl methyl sites for hydroxylation is 1. The maximum absolute atomic E-state index is 12.9. The molecule has 130 valence electrons. The third-order valence-electron chi connectivity index (χ3n) is 4.49. The number of nitrogens with zero attached hydrogens (tertiary/aromatic N) is 4. The van der Waals surface area contributed by atoms with Crippen molar-refractivity contribution in [3.63, 3.8) is 0 Å². The lowest BCUT2D eigenvalue weighted by atomic mass is 9.91. The van der Waals surface area contributed by atoms with Crippen LogP contribution in [-0.2, 0) is 4.74 Å². The number of aromatic nitrogens is 4. The van der Waals surface area contributed by atoms with Gasteiger partial charge < -0.3 is 14.6 Å². The predicted molar refractivity (Wildman–Crippen MR) is 88.0 cm³/mol. The molecule has 0 unspecified atom stereocenters. The van der Waals surface area contributed by atoms with Gasteiger partial charge in [-0.2, -0.15) is 4.98 Å².